The quantitative estimate of drug-likeness (QED) is 0.492. The van der Waals surface area contributed by atoms with Gasteiger partial charge < -0.3 is 19.4 Å². The minimum atomic E-state index is -1.25. The molecular formula is C10H10LiNO4. The number of aromatic nitrogens is 1. The van der Waals surface area contributed by atoms with E-state index in [0.29, 0.717) is 19.0 Å². The monoisotopic (exact) mass is 215 g/mol. The number of hydrogen-bond acceptors (Lipinski definition) is 5. The Morgan fingerprint density at radius 1 is 1.56 bits per heavy atom. The zero-order valence-corrected chi connectivity index (χ0v) is 9.01. The molecule has 2 heterocycles. The van der Waals surface area contributed by atoms with E-state index in [0.717, 1.165) is 6.42 Å². The molecule has 0 amide bonds. The molecule has 0 saturated carbocycles. The Kier molecular flexibility index (Phi) is 4.81. The number of carboxylic acids is 1. The smallest absolute Gasteiger partial charge is 0.545 e. The van der Waals surface area contributed by atoms with Gasteiger partial charge in [0.05, 0.1) is 25.4 Å². The van der Waals surface area contributed by atoms with Crippen LogP contribution in [-0.4, -0.2) is 30.3 Å². The topological polar surface area (TPSA) is 71.5 Å². The first-order valence-electron chi connectivity index (χ1n) is 4.66. The largest absolute Gasteiger partial charge is 1.00 e. The first kappa shape index (κ1) is 13.0. The number of hydrogen-bond donors (Lipinski definition) is 0. The summed E-state index contributed by atoms with van der Waals surface area (Å²) in [6.07, 6.45) is 3.51. The summed E-state index contributed by atoms with van der Waals surface area (Å²) in [7, 11) is 0. The van der Waals surface area contributed by atoms with Crippen molar-refractivity contribution in [3.05, 3.63) is 24.0 Å². The van der Waals surface area contributed by atoms with Crippen LogP contribution in [0.4, 0.5) is 0 Å². The van der Waals surface area contributed by atoms with E-state index >= 15 is 0 Å². The van der Waals surface area contributed by atoms with Crippen LogP contribution in [-0.2, 0) is 4.74 Å². The van der Waals surface area contributed by atoms with Crippen molar-refractivity contribution in [1.29, 1.82) is 0 Å². The molecule has 0 spiro atoms. The predicted octanol–water partition coefficient (Wildman–Crippen LogP) is -3.38. The van der Waals surface area contributed by atoms with Gasteiger partial charge in [-0.1, -0.05) is 0 Å². The maximum absolute atomic E-state index is 10.6. The molecule has 1 atom stereocenters. The van der Waals surface area contributed by atoms with Crippen molar-refractivity contribution in [3.8, 4) is 5.75 Å². The maximum Gasteiger partial charge on any atom is 1.00 e. The van der Waals surface area contributed by atoms with E-state index < -0.39 is 5.97 Å². The van der Waals surface area contributed by atoms with Crippen molar-refractivity contribution in [1.82, 2.24) is 4.98 Å². The maximum atomic E-state index is 10.6. The van der Waals surface area contributed by atoms with E-state index in [1.165, 1.54) is 18.5 Å². The molecule has 16 heavy (non-hydrogen) atoms. The van der Waals surface area contributed by atoms with Crippen molar-refractivity contribution in [3.63, 3.8) is 0 Å². The second kappa shape index (κ2) is 5.90. The number of carbonyl (C=O) groups is 1. The van der Waals surface area contributed by atoms with Crippen LogP contribution in [0.1, 0.15) is 16.8 Å². The molecule has 6 heteroatoms. The van der Waals surface area contributed by atoms with E-state index in [4.69, 9.17) is 9.47 Å². The first-order valence-corrected chi connectivity index (χ1v) is 4.66. The van der Waals surface area contributed by atoms with Gasteiger partial charge in [0.15, 0.2) is 0 Å². The average molecular weight is 215 g/mol. The zero-order chi connectivity index (χ0) is 10.7. The molecule has 0 radical (unpaired) electrons. The molecule has 1 aliphatic rings. The molecule has 2 rings (SSSR count). The fourth-order valence-electron chi connectivity index (χ4n) is 1.39. The number of rotatable bonds is 3. The molecule has 0 bridgehead atoms. The summed E-state index contributed by atoms with van der Waals surface area (Å²) in [5.74, 6) is -0.817. The normalized spacial score (nSPS) is 18.9. The number of carboxylic acid groups (broad SMARTS) is 1. The van der Waals surface area contributed by atoms with E-state index in [2.05, 4.69) is 4.98 Å². The van der Waals surface area contributed by atoms with Gasteiger partial charge in [-0.3, -0.25) is 4.98 Å². The summed E-state index contributed by atoms with van der Waals surface area (Å²) < 4.78 is 10.6. The van der Waals surface area contributed by atoms with Gasteiger partial charge in [-0.15, -0.1) is 0 Å². The molecule has 1 aromatic heterocycles. The number of aromatic carboxylic acids is 1. The van der Waals surface area contributed by atoms with Crippen LogP contribution in [0.15, 0.2) is 18.5 Å². The summed E-state index contributed by atoms with van der Waals surface area (Å²) in [4.78, 5) is 14.3. The van der Waals surface area contributed by atoms with Crippen LogP contribution >= 0.6 is 0 Å². The molecule has 1 aromatic rings. The third-order valence-electron chi connectivity index (χ3n) is 2.14. The summed E-state index contributed by atoms with van der Waals surface area (Å²) >= 11 is 0. The van der Waals surface area contributed by atoms with E-state index in [9.17, 15) is 9.90 Å². The van der Waals surface area contributed by atoms with Crippen LogP contribution in [0.5, 0.6) is 5.75 Å². The van der Waals surface area contributed by atoms with Gasteiger partial charge in [0, 0.05) is 18.2 Å². The Morgan fingerprint density at radius 3 is 3.00 bits per heavy atom. The number of nitrogens with zero attached hydrogens (tertiary/aromatic N) is 1. The predicted molar refractivity (Wildman–Crippen MR) is 48.4 cm³/mol. The van der Waals surface area contributed by atoms with Crippen LogP contribution in [0.3, 0.4) is 0 Å². The summed E-state index contributed by atoms with van der Waals surface area (Å²) in [5, 5.41) is 10.6. The molecule has 1 aliphatic heterocycles. The van der Waals surface area contributed by atoms with E-state index in [1.54, 1.807) is 0 Å². The van der Waals surface area contributed by atoms with Gasteiger partial charge in [-0.2, -0.15) is 0 Å². The van der Waals surface area contributed by atoms with Gasteiger partial charge in [0.25, 0.3) is 0 Å². The Morgan fingerprint density at radius 2 is 2.38 bits per heavy atom. The van der Waals surface area contributed by atoms with Crippen LogP contribution in [0.2, 0.25) is 0 Å². The van der Waals surface area contributed by atoms with Gasteiger partial charge in [-0.05, 0) is 6.07 Å². The zero-order valence-electron chi connectivity index (χ0n) is 9.01. The molecule has 1 fully saturated rings. The minimum Gasteiger partial charge on any atom is -0.545 e. The first-order chi connectivity index (χ1) is 7.25. The van der Waals surface area contributed by atoms with Crippen LogP contribution in [0, 0.1) is 0 Å². The molecule has 0 aromatic carbocycles. The van der Waals surface area contributed by atoms with Crippen molar-refractivity contribution in [2.45, 2.75) is 12.5 Å². The third-order valence-corrected chi connectivity index (χ3v) is 2.14. The third kappa shape index (κ3) is 3.24. The molecule has 80 valence electrons. The minimum absolute atomic E-state index is 0. The fourth-order valence-corrected chi connectivity index (χ4v) is 1.39. The second-order valence-corrected chi connectivity index (χ2v) is 3.30. The number of pyridine rings is 1. The molecule has 0 N–H and O–H groups in total. The molecular weight excluding hydrogens is 205 g/mol. The van der Waals surface area contributed by atoms with Crippen molar-refractivity contribution < 1.29 is 38.2 Å². The van der Waals surface area contributed by atoms with Crippen molar-refractivity contribution in [2.24, 2.45) is 0 Å². The Bertz CT molecular complexity index is 366. The SMILES string of the molecule is O=C([O-])c1cncc(O[C@H]2CCOC2)c1.[Li+]. The van der Waals surface area contributed by atoms with Crippen LogP contribution < -0.4 is 28.7 Å². The Hall–Kier alpha value is -1.02. The van der Waals surface area contributed by atoms with Gasteiger partial charge in [-0.25, -0.2) is 0 Å². The van der Waals surface area contributed by atoms with Crippen LogP contribution in [0.25, 0.3) is 0 Å². The molecule has 0 unspecified atom stereocenters. The fraction of sp³-hybridized carbons (Fsp3) is 0.400. The Labute approximate surface area is 105 Å². The van der Waals surface area contributed by atoms with E-state index in [-0.39, 0.29) is 30.5 Å². The molecule has 5 nitrogen and oxygen atoms in total. The van der Waals surface area contributed by atoms with Crippen molar-refractivity contribution in [2.75, 3.05) is 13.2 Å². The summed E-state index contributed by atoms with van der Waals surface area (Å²) in [6.45, 7) is 1.22. The van der Waals surface area contributed by atoms with Gasteiger partial charge >= 0.3 is 18.9 Å². The Balaban J connectivity index is 0.00000128. The average Bonchev–Trinajstić information content (AvgIpc) is 2.71. The number of ether oxygens (including phenoxy) is 2. The molecule has 0 aliphatic carbocycles. The van der Waals surface area contributed by atoms with Crippen molar-refractivity contribution >= 4 is 5.97 Å². The second-order valence-electron chi connectivity index (χ2n) is 3.30. The van der Waals surface area contributed by atoms with Gasteiger partial charge in [0.1, 0.15) is 11.9 Å². The van der Waals surface area contributed by atoms with E-state index in [1.807, 2.05) is 0 Å². The number of carbonyl (C=O) groups excluding carboxylic acids is 1. The summed E-state index contributed by atoms with van der Waals surface area (Å²) in [6, 6.07) is 1.40. The molecule has 1 saturated heterocycles. The van der Waals surface area contributed by atoms with Gasteiger partial charge in [0.2, 0.25) is 0 Å². The standard InChI is InChI=1S/C10H11NO4.Li/c12-10(13)7-3-9(5-11-4-7)15-8-1-2-14-6-8;/h3-5,8H,1-2,6H2,(H,12,13);/q;+1/p-1/t8-;/m0./s1. The summed E-state index contributed by atoms with van der Waals surface area (Å²) in [5.41, 5.74) is 0.0198.